The van der Waals surface area contributed by atoms with Crippen molar-refractivity contribution in [2.24, 2.45) is 0 Å². The van der Waals surface area contributed by atoms with E-state index in [1.807, 2.05) is 45.9 Å². The molecule has 2 heterocycles. The van der Waals surface area contributed by atoms with E-state index in [0.717, 1.165) is 44.4 Å². The molecule has 0 amide bonds. The van der Waals surface area contributed by atoms with Crippen LogP contribution in [0.1, 0.15) is 33.5 Å². The summed E-state index contributed by atoms with van der Waals surface area (Å²) in [6, 6.07) is 10.0. The molecule has 8 heteroatoms. The molecular formula is C25H31N3O3S2. The van der Waals surface area contributed by atoms with Crippen LogP contribution in [-0.4, -0.2) is 51.0 Å². The zero-order valence-corrected chi connectivity index (χ0v) is 21.5. The molecular weight excluding hydrogens is 454 g/mol. The Labute approximate surface area is 200 Å². The lowest BCUT2D eigenvalue weighted by molar-refractivity contribution is 0.384. The molecule has 0 saturated carbocycles. The summed E-state index contributed by atoms with van der Waals surface area (Å²) in [6.45, 7) is 9.93. The molecule has 1 fully saturated rings. The molecule has 1 saturated heterocycles. The molecule has 1 aliphatic heterocycles. The van der Waals surface area contributed by atoms with Crippen LogP contribution < -0.4 is 9.64 Å². The van der Waals surface area contributed by atoms with Gasteiger partial charge in [-0.25, -0.2) is 13.4 Å². The zero-order chi connectivity index (χ0) is 23.8. The third-order valence-corrected chi connectivity index (χ3v) is 9.63. The summed E-state index contributed by atoms with van der Waals surface area (Å²) < 4.78 is 34.1. The molecule has 2 aromatic carbocycles. The van der Waals surface area contributed by atoms with Gasteiger partial charge in [0, 0.05) is 43.5 Å². The van der Waals surface area contributed by atoms with Crippen LogP contribution in [0.5, 0.6) is 5.75 Å². The minimum absolute atomic E-state index is 0.454. The fourth-order valence-electron chi connectivity index (χ4n) is 4.38. The van der Waals surface area contributed by atoms with Gasteiger partial charge in [-0.2, -0.15) is 4.31 Å². The second kappa shape index (κ2) is 9.44. The van der Waals surface area contributed by atoms with E-state index in [-0.39, 0.29) is 0 Å². The number of piperazine rings is 1. The standard InChI is InChI=1S/C25H31N3O3S2/c1-17-14-18(2)20(4)24(19(17)3)33(29,30)28-12-10-27(11-13-28)25-26-22(16-32-25)15-21-8-6-7-9-23(21)31-5/h6-9,14,16H,10-13,15H2,1-5H3. The van der Waals surface area contributed by atoms with Crippen LogP contribution in [0.2, 0.25) is 0 Å². The normalized spacial score (nSPS) is 15.1. The predicted molar refractivity (Wildman–Crippen MR) is 134 cm³/mol. The summed E-state index contributed by atoms with van der Waals surface area (Å²) >= 11 is 1.61. The number of benzene rings is 2. The Bertz CT molecular complexity index is 1230. The molecule has 1 aliphatic rings. The average Bonchev–Trinajstić information content (AvgIpc) is 3.27. The van der Waals surface area contributed by atoms with Gasteiger partial charge in [-0.15, -0.1) is 11.3 Å². The summed E-state index contributed by atoms with van der Waals surface area (Å²) in [5, 5.41) is 3.02. The van der Waals surface area contributed by atoms with Crippen LogP contribution in [-0.2, 0) is 16.4 Å². The molecule has 3 aromatic rings. The van der Waals surface area contributed by atoms with Crippen LogP contribution >= 0.6 is 11.3 Å². The maximum absolute atomic E-state index is 13.5. The number of sulfonamides is 1. The van der Waals surface area contributed by atoms with E-state index in [1.54, 1.807) is 22.8 Å². The van der Waals surface area contributed by atoms with Crippen molar-refractivity contribution >= 4 is 26.5 Å². The minimum atomic E-state index is -3.54. The molecule has 4 rings (SSSR count). The number of para-hydroxylation sites is 1. The van der Waals surface area contributed by atoms with E-state index >= 15 is 0 Å². The minimum Gasteiger partial charge on any atom is -0.496 e. The van der Waals surface area contributed by atoms with Gasteiger partial charge in [-0.05, 0) is 56.0 Å². The number of thiazole rings is 1. The van der Waals surface area contributed by atoms with E-state index in [0.29, 0.717) is 37.5 Å². The number of aryl methyl sites for hydroxylation is 2. The van der Waals surface area contributed by atoms with Gasteiger partial charge in [0.25, 0.3) is 0 Å². The monoisotopic (exact) mass is 485 g/mol. The highest BCUT2D eigenvalue weighted by Crippen LogP contribution is 2.31. The largest absolute Gasteiger partial charge is 0.496 e. The summed E-state index contributed by atoms with van der Waals surface area (Å²) in [5.74, 6) is 0.864. The third-order valence-electron chi connectivity index (χ3n) is 6.51. The summed E-state index contributed by atoms with van der Waals surface area (Å²) in [6.07, 6.45) is 0.708. The van der Waals surface area contributed by atoms with E-state index in [4.69, 9.17) is 9.72 Å². The number of hydrogen-bond donors (Lipinski definition) is 0. The molecule has 0 unspecified atom stereocenters. The van der Waals surface area contributed by atoms with Gasteiger partial charge in [0.05, 0.1) is 17.7 Å². The SMILES string of the molecule is COc1ccccc1Cc1csc(N2CCN(S(=O)(=O)c3c(C)c(C)cc(C)c3C)CC2)n1. The molecule has 0 atom stereocenters. The van der Waals surface area contributed by atoms with E-state index in [9.17, 15) is 8.42 Å². The van der Waals surface area contributed by atoms with Gasteiger partial charge in [-0.1, -0.05) is 24.3 Å². The molecule has 0 spiro atoms. The van der Waals surface area contributed by atoms with Gasteiger partial charge in [0.15, 0.2) is 5.13 Å². The van der Waals surface area contributed by atoms with Crippen LogP contribution in [0.15, 0.2) is 40.6 Å². The lowest BCUT2D eigenvalue weighted by Crippen LogP contribution is -2.49. The molecule has 0 aliphatic carbocycles. The first-order valence-corrected chi connectivity index (χ1v) is 13.4. The maximum Gasteiger partial charge on any atom is 0.243 e. The number of anilines is 1. The van der Waals surface area contributed by atoms with Gasteiger partial charge < -0.3 is 9.64 Å². The molecule has 0 N–H and O–H groups in total. The van der Waals surface area contributed by atoms with Crippen molar-refractivity contribution in [2.45, 2.75) is 39.0 Å². The zero-order valence-electron chi connectivity index (χ0n) is 19.9. The van der Waals surface area contributed by atoms with Crippen molar-refractivity contribution in [2.75, 3.05) is 38.2 Å². The second-order valence-corrected chi connectivity index (χ2v) is 11.3. The van der Waals surface area contributed by atoms with E-state index in [2.05, 4.69) is 22.4 Å². The lowest BCUT2D eigenvalue weighted by atomic mass is 10.0. The van der Waals surface area contributed by atoms with Crippen molar-refractivity contribution in [1.29, 1.82) is 0 Å². The first kappa shape index (κ1) is 23.7. The maximum atomic E-state index is 13.5. The predicted octanol–water partition coefficient (Wildman–Crippen LogP) is 4.49. The second-order valence-electron chi connectivity index (χ2n) is 8.59. The van der Waals surface area contributed by atoms with Crippen molar-refractivity contribution in [3.05, 3.63) is 69.2 Å². The Morgan fingerprint density at radius 3 is 2.27 bits per heavy atom. The Morgan fingerprint density at radius 2 is 1.64 bits per heavy atom. The first-order chi connectivity index (χ1) is 15.7. The van der Waals surface area contributed by atoms with Crippen molar-refractivity contribution in [3.63, 3.8) is 0 Å². The number of methoxy groups -OCH3 is 1. The van der Waals surface area contributed by atoms with Gasteiger partial charge >= 0.3 is 0 Å². The Balaban J connectivity index is 1.47. The quantitative estimate of drug-likeness (QED) is 0.515. The first-order valence-electron chi connectivity index (χ1n) is 11.1. The molecule has 176 valence electrons. The number of ether oxygens (including phenoxy) is 1. The van der Waals surface area contributed by atoms with Gasteiger partial charge in [0.2, 0.25) is 10.0 Å². The van der Waals surface area contributed by atoms with E-state index in [1.165, 1.54) is 0 Å². The van der Waals surface area contributed by atoms with E-state index < -0.39 is 10.0 Å². The highest BCUT2D eigenvalue weighted by atomic mass is 32.2. The van der Waals surface area contributed by atoms with Crippen LogP contribution in [0.25, 0.3) is 0 Å². The molecule has 0 bridgehead atoms. The Kier molecular flexibility index (Phi) is 6.79. The van der Waals surface area contributed by atoms with Crippen LogP contribution in [0.3, 0.4) is 0 Å². The van der Waals surface area contributed by atoms with Gasteiger partial charge in [-0.3, -0.25) is 0 Å². The topological polar surface area (TPSA) is 62.7 Å². The number of aromatic nitrogens is 1. The van der Waals surface area contributed by atoms with Gasteiger partial charge in [0.1, 0.15) is 5.75 Å². The van der Waals surface area contributed by atoms with Crippen molar-refractivity contribution < 1.29 is 13.2 Å². The third kappa shape index (κ3) is 4.65. The Hall–Kier alpha value is -2.42. The van der Waals surface area contributed by atoms with Crippen molar-refractivity contribution in [3.8, 4) is 5.75 Å². The summed E-state index contributed by atoms with van der Waals surface area (Å²) in [5.41, 5.74) is 5.83. The number of hydrogen-bond acceptors (Lipinski definition) is 6. The summed E-state index contributed by atoms with van der Waals surface area (Å²) in [4.78, 5) is 7.48. The highest BCUT2D eigenvalue weighted by Gasteiger charge is 2.32. The fourth-order valence-corrected chi connectivity index (χ4v) is 7.26. The van der Waals surface area contributed by atoms with Crippen LogP contribution in [0.4, 0.5) is 5.13 Å². The smallest absolute Gasteiger partial charge is 0.243 e. The number of nitrogens with zero attached hydrogens (tertiary/aromatic N) is 3. The lowest BCUT2D eigenvalue weighted by Gasteiger charge is -2.34. The molecule has 33 heavy (non-hydrogen) atoms. The molecule has 1 aromatic heterocycles. The summed E-state index contributed by atoms with van der Waals surface area (Å²) in [7, 11) is -1.86. The molecule has 0 radical (unpaired) electrons. The number of rotatable bonds is 6. The van der Waals surface area contributed by atoms with Crippen LogP contribution in [0, 0.1) is 27.7 Å². The fraction of sp³-hybridized carbons (Fsp3) is 0.400. The highest BCUT2D eigenvalue weighted by molar-refractivity contribution is 7.89. The Morgan fingerprint density at radius 1 is 1.00 bits per heavy atom. The average molecular weight is 486 g/mol. The van der Waals surface area contributed by atoms with Crippen molar-refractivity contribution in [1.82, 2.24) is 9.29 Å². The molecule has 6 nitrogen and oxygen atoms in total.